The van der Waals surface area contributed by atoms with Crippen molar-refractivity contribution in [2.24, 2.45) is 16.8 Å². The highest BCUT2D eigenvalue weighted by molar-refractivity contribution is 5.97. The van der Waals surface area contributed by atoms with Crippen molar-refractivity contribution in [2.45, 2.75) is 45.1 Å². The third-order valence-electron chi connectivity index (χ3n) is 4.63. The molecule has 3 N–H and O–H groups in total. The van der Waals surface area contributed by atoms with Crippen LogP contribution in [0.25, 0.3) is 0 Å². The summed E-state index contributed by atoms with van der Waals surface area (Å²) in [5, 5.41) is 12.0. The molecule has 0 amide bonds. The number of hydrogen-bond acceptors (Lipinski definition) is 4. The number of nitrogens with two attached hydrogens (primary N) is 1. The molecular weight excluding hydrogens is 252 g/mol. The Bertz CT molecular complexity index is 529. The minimum Gasteiger partial charge on any atom is -0.409 e. The number of anilines is 1. The van der Waals surface area contributed by atoms with Crippen molar-refractivity contribution in [1.29, 1.82) is 0 Å². The van der Waals surface area contributed by atoms with Crippen LogP contribution >= 0.6 is 0 Å². The van der Waals surface area contributed by atoms with Gasteiger partial charge in [0.25, 0.3) is 0 Å². The third-order valence-corrected chi connectivity index (χ3v) is 4.63. The fourth-order valence-corrected chi connectivity index (χ4v) is 3.74. The molecule has 108 valence electrons. The molecule has 5 nitrogen and oxygen atoms in total. The van der Waals surface area contributed by atoms with Gasteiger partial charge in [-0.05, 0) is 50.7 Å². The topological polar surface area (TPSA) is 74.7 Å². The quantitative estimate of drug-likeness (QED) is 0.375. The van der Waals surface area contributed by atoms with Crippen LogP contribution in [0.5, 0.6) is 0 Å². The SMILES string of the molecule is Cc1cc(/C(N)=N/O)cc(N2CCCC3CCCC32)n1. The number of nitrogens with zero attached hydrogens (tertiary/aromatic N) is 3. The highest BCUT2D eigenvalue weighted by atomic mass is 16.4. The van der Waals surface area contributed by atoms with Crippen molar-refractivity contribution in [3.05, 3.63) is 23.4 Å². The summed E-state index contributed by atoms with van der Waals surface area (Å²) in [7, 11) is 0. The fraction of sp³-hybridized carbons (Fsp3) is 0.600. The molecule has 0 radical (unpaired) electrons. The van der Waals surface area contributed by atoms with Gasteiger partial charge in [0.1, 0.15) is 5.82 Å². The van der Waals surface area contributed by atoms with Crippen molar-refractivity contribution in [2.75, 3.05) is 11.4 Å². The molecule has 0 spiro atoms. The van der Waals surface area contributed by atoms with Crippen LogP contribution in [0.1, 0.15) is 43.4 Å². The van der Waals surface area contributed by atoms with Crippen LogP contribution in [0, 0.1) is 12.8 Å². The summed E-state index contributed by atoms with van der Waals surface area (Å²) >= 11 is 0. The molecule has 1 aliphatic carbocycles. The minimum atomic E-state index is 0.150. The number of hydrogen-bond donors (Lipinski definition) is 2. The summed E-state index contributed by atoms with van der Waals surface area (Å²) in [4.78, 5) is 7.10. The van der Waals surface area contributed by atoms with Crippen molar-refractivity contribution in [3.63, 3.8) is 0 Å². The van der Waals surface area contributed by atoms with Gasteiger partial charge in [-0.25, -0.2) is 4.98 Å². The number of pyridine rings is 1. The third kappa shape index (κ3) is 2.32. The van der Waals surface area contributed by atoms with Gasteiger partial charge in [0.2, 0.25) is 0 Å². The van der Waals surface area contributed by atoms with E-state index in [9.17, 15) is 0 Å². The first-order valence-corrected chi connectivity index (χ1v) is 7.42. The molecule has 0 bridgehead atoms. The van der Waals surface area contributed by atoms with Crippen molar-refractivity contribution in [3.8, 4) is 0 Å². The monoisotopic (exact) mass is 274 g/mol. The Kier molecular flexibility index (Phi) is 3.51. The molecule has 2 fully saturated rings. The average Bonchev–Trinajstić information content (AvgIpc) is 2.94. The smallest absolute Gasteiger partial charge is 0.170 e. The van der Waals surface area contributed by atoms with Crippen LogP contribution < -0.4 is 10.6 Å². The van der Waals surface area contributed by atoms with E-state index in [1.807, 2.05) is 19.1 Å². The Morgan fingerprint density at radius 1 is 1.35 bits per heavy atom. The van der Waals surface area contributed by atoms with Crippen LogP contribution in [0.3, 0.4) is 0 Å². The minimum absolute atomic E-state index is 0.150. The van der Waals surface area contributed by atoms with Gasteiger partial charge in [-0.1, -0.05) is 11.6 Å². The van der Waals surface area contributed by atoms with Gasteiger partial charge in [-0.2, -0.15) is 0 Å². The van der Waals surface area contributed by atoms with Crippen molar-refractivity contribution < 1.29 is 5.21 Å². The fourth-order valence-electron chi connectivity index (χ4n) is 3.74. The lowest BCUT2D eigenvalue weighted by molar-refractivity contribution is 0.318. The lowest BCUT2D eigenvalue weighted by Gasteiger charge is -2.39. The predicted octanol–water partition coefficient (Wildman–Crippen LogP) is 2.25. The molecule has 1 saturated carbocycles. The normalized spacial score (nSPS) is 26.6. The summed E-state index contributed by atoms with van der Waals surface area (Å²) in [5.41, 5.74) is 7.37. The van der Waals surface area contributed by atoms with Crippen LogP contribution in [-0.4, -0.2) is 28.6 Å². The van der Waals surface area contributed by atoms with Crippen molar-refractivity contribution >= 4 is 11.7 Å². The second-order valence-electron chi connectivity index (χ2n) is 5.93. The van der Waals surface area contributed by atoms with Gasteiger partial charge in [0.05, 0.1) is 0 Å². The Morgan fingerprint density at radius 3 is 2.95 bits per heavy atom. The van der Waals surface area contributed by atoms with Gasteiger partial charge in [-0.3, -0.25) is 0 Å². The summed E-state index contributed by atoms with van der Waals surface area (Å²) in [6.07, 6.45) is 6.51. The lowest BCUT2D eigenvalue weighted by Crippen LogP contribution is -2.43. The van der Waals surface area contributed by atoms with Gasteiger partial charge >= 0.3 is 0 Å². The Hall–Kier alpha value is -1.78. The zero-order valence-corrected chi connectivity index (χ0v) is 11.9. The van der Waals surface area contributed by atoms with Crippen LogP contribution in [0.2, 0.25) is 0 Å². The lowest BCUT2D eigenvalue weighted by atomic mass is 9.92. The molecule has 1 saturated heterocycles. The number of fused-ring (bicyclic) bond motifs is 1. The molecule has 3 rings (SSSR count). The maximum atomic E-state index is 8.86. The number of amidine groups is 1. The molecule has 1 aliphatic heterocycles. The van der Waals surface area contributed by atoms with Crippen LogP contribution in [0.15, 0.2) is 17.3 Å². The van der Waals surface area contributed by atoms with E-state index in [4.69, 9.17) is 10.9 Å². The Morgan fingerprint density at radius 2 is 2.15 bits per heavy atom. The van der Waals surface area contributed by atoms with E-state index < -0.39 is 0 Å². The molecule has 2 aliphatic rings. The second-order valence-corrected chi connectivity index (χ2v) is 5.93. The molecule has 2 heterocycles. The molecular formula is C15H22N4O. The molecule has 5 heteroatoms. The van der Waals surface area contributed by atoms with E-state index in [2.05, 4.69) is 15.0 Å². The van der Waals surface area contributed by atoms with E-state index in [0.717, 1.165) is 29.5 Å². The first kappa shape index (κ1) is 13.2. The molecule has 1 aromatic heterocycles. The number of rotatable bonds is 2. The average molecular weight is 274 g/mol. The summed E-state index contributed by atoms with van der Waals surface area (Å²) < 4.78 is 0. The maximum absolute atomic E-state index is 8.86. The zero-order chi connectivity index (χ0) is 14.1. The summed E-state index contributed by atoms with van der Waals surface area (Å²) in [6, 6.07) is 4.43. The van der Waals surface area contributed by atoms with Crippen LogP contribution in [0.4, 0.5) is 5.82 Å². The summed E-state index contributed by atoms with van der Waals surface area (Å²) in [6.45, 7) is 3.01. The highest BCUT2D eigenvalue weighted by Gasteiger charge is 2.35. The first-order chi connectivity index (χ1) is 9.69. The highest BCUT2D eigenvalue weighted by Crippen LogP contribution is 2.38. The Labute approximate surface area is 119 Å². The van der Waals surface area contributed by atoms with E-state index in [1.54, 1.807) is 0 Å². The number of aromatic nitrogens is 1. The largest absolute Gasteiger partial charge is 0.409 e. The maximum Gasteiger partial charge on any atom is 0.170 e. The van der Waals surface area contributed by atoms with Gasteiger partial charge < -0.3 is 15.8 Å². The molecule has 0 aromatic carbocycles. The first-order valence-electron chi connectivity index (χ1n) is 7.42. The second kappa shape index (κ2) is 5.31. The Balaban J connectivity index is 1.94. The molecule has 2 unspecified atom stereocenters. The molecule has 1 aromatic rings. The van der Waals surface area contributed by atoms with E-state index in [1.165, 1.54) is 32.1 Å². The molecule has 2 atom stereocenters. The van der Waals surface area contributed by atoms with Gasteiger partial charge in [0, 0.05) is 23.8 Å². The van der Waals surface area contributed by atoms with E-state index in [-0.39, 0.29) is 5.84 Å². The van der Waals surface area contributed by atoms with E-state index >= 15 is 0 Å². The van der Waals surface area contributed by atoms with E-state index in [0.29, 0.717) is 6.04 Å². The predicted molar refractivity (Wildman–Crippen MR) is 79.2 cm³/mol. The van der Waals surface area contributed by atoms with Crippen molar-refractivity contribution in [1.82, 2.24) is 4.98 Å². The molecule has 20 heavy (non-hydrogen) atoms. The standard InChI is InChI=1S/C15H22N4O/c1-10-8-12(15(16)18-20)9-14(17-10)19-7-3-5-11-4-2-6-13(11)19/h8-9,11,13,20H,2-7H2,1H3,(H2,16,18). The zero-order valence-electron chi connectivity index (χ0n) is 11.9. The number of aryl methyl sites for hydroxylation is 1. The number of piperidine rings is 1. The van der Waals surface area contributed by atoms with Gasteiger partial charge in [0.15, 0.2) is 5.84 Å². The number of oxime groups is 1. The summed E-state index contributed by atoms with van der Waals surface area (Å²) in [5.74, 6) is 1.94. The van der Waals surface area contributed by atoms with Crippen LogP contribution in [-0.2, 0) is 0 Å². The van der Waals surface area contributed by atoms with Gasteiger partial charge in [-0.15, -0.1) is 0 Å².